The van der Waals surface area contributed by atoms with Crippen molar-refractivity contribution < 1.29 is 14.6 Å². The van der Waals surface area contributed by atoms with Crippen LogP contribution in [-0.4, -0.2) is 53.0 Å². The van der Waals surface area contributed by atoms with Crippen LogP contribution in [0.5, 0.6) is 0 Å². The number of hydrogen-bond acceptors (Lipinski definition) is 4. The van der Waals surface area contributed by atoms with Crippen LogP contribution in [0.1, 0.15) is 40.0 Å². The Morgan fingerprint density at radius 2 is 2.16 bits per heavy atom. The maximum atomic E-state index is 12.0. The molecular weight excluding hydrogens is 268 g/mol. The molecule has 2 aliphatic heterocycles. The molecule has 2 aliphatic rings. The monoisotopic (exact) mass is 292 g/mol. The molecule has 0 saturated carbocycles. The molecule has 5 nitrogen and oxygen atoms in total. The molecule has 0 bridgehead atoms. The average molecular weight is 293 g/mol. The standard InChI is InChI=1S/C13H24N2O3.ClH/c1-12(2,3)18-11(17)15-8-6-13(9-15)10(16)5-4-7-14-13;/h10,14,16H,4-9H2,1-3H3;1H. The van der Waals surface area contributed by atoms with Crippen molar-refractivity contribution in [1.29, 1.82) is 0 Å². The Bertz CT molecular complexity index is 332. The van der Waals surface area contributed by atoms with E-state index in [-0.39, 0.29) is 30.1 Å². The summed E-state index contributed by atoms with van der Waals surface area (Å²) in [7, 11) is 0. The van der Waals surface area contributed by atoms with Gasteiger partial charge in [0.1, 0.15) is 5.60 Å². The van der Waals surface area contributed by atoms with Gasteiger partial charge in [0, 0.05) is 13.1 Å². The van der Waals surface area contributed by atoms with Crippen molar-refractivity contribution in [3.05, 3.63) is 0 Å². The third-order valence-electron chi connectivity index (χ3n) is 3.72. The SMILES string of the molecule is CC(C)(C)OC(=O)N1CCC2(C1)NCCCC2O.Cl. The molecule has 0 aromatic carbocycles. The van der Waals surface area contributed by atoms with E-state index in [1.165, 1.54) is 0 Å². The van der Waals surface area contributed by atoms with E-state index in [0.717, 1.165) is 25.8 Å². The van der Waals surface area contributed by atoms with E-state index in [9.17, 15) is 9.90 Å². The lowest BCUT2D eigenvalue weighted by molar-refractivity contribution is 0.0157. The Morgan fingerprint density at radius 1 is 1.47 bits per heavy atom. The first-order chi connectivity index (χ1) is 8.32. The van der Waals surface area contributed by atoms with Gasteiger partial charge in [-0.2, -0.15) is 0 Å². The number of piperidine rings is 1. The molecule has 0 aliphatic carbocycles. The highest BCUT2D eigenvalue weighted by atomic mass is 35.5. The van der Waals surface area contributed by atoms with Crippen LogP contribution in [0, 0.1) is 0 Å². The van der Waals surface area contributed by atoms with Gasteiger partial charge < -0.3 is 20.1 Å². The second-order valence-corrected chi connectivity index (χ2v) is 6.39. The zero-order chi connectivity index (χ0) is 13.4. The smallest absolute Gasteiger partial charge is 0.410 e. The van der Waals surface area contributed by atoms with Crippen molar-refractivity contribution in [2.75, 3.05) is 19.6 Å². The predicted molar refractivity (Wildman–Crippen MR) is 75.6 cm³/mol. The summed E-state index contributed by atoms with van der Waals surface area (Å²) in [4.78, 5) is 13.7. The van der Waals surface area contributed by atoms with Crippen LogP contribution in [-0.2, 0) is 4.74 Å². The minimum atomic E-state index is -0.467. The highest BCUT2D eigenvalue weighted by molar-refractivity contribution is 5.85. The highest BCUT2D eigenvalue weighted by Gasteiger charge is 2.47. The summed E-state index contributed by atoms with van der Waals surface area (Å²) in [6.45, 7) is 7.71. The molecule has 0 aromatic heterocycles. The summed E-state index contributed by atoms with van der Waals surface area (Å²) < 4.78 is 5.37. The first kappa shape index (κ1) is 16.5. The lowest BCUT2D eigenvalue weighted by Gasteiger charge is -2.39. The van der Waals surface area contributed by atoms with E-state index in [2.05, 4.69) is 5.32 Å². The van der Waals surface area contributed by atoms with Crippen LogP contribution in [0.25, 0.3) is 0 Å². The Kier molecular flexibility index (Phi) is 5.09. The molecule has 2 saturated heterocycles. The lowest BCUT2D eigenvalue weighted by Crippen LogP contribution is -2.59. The summed E-state index contributed by atoms with van der Waals surface area (Å²) in [6.07, 6.45) is 1.97. The number of hydrogen-bond donors (Lipinski definition) is 2. The Hall–Kier alpha value is -0.520. The minimum Gasteiger partial charge on any atom is -0.444 e. The molecule has 1 spiro atoms. The zero-order valence-corrected chi connectivity index (χ0v) is 12.8. The van der Waals surface area contributed by atoms with Crippen LogP contribution >= 0.6 is 12.4 Å². The number of ether oxygens (including phenoxy) is 1. The van der Waals surface area contributed by atoms with E-state index in [1.807, 2.05) is 20.8 Å². The molecule has 19 heavy (non-hydrogen) atoms. The number of nitrogens with zero attached hydrogens (tertiary/aromatic N) is 1. The van der Waals surface area contributed by atoms with Crippen molar-refractivity contribution in [3.63, 3.8) is 0 Å². The summed E-state index contributed by atoms with van der Waals surface area (Å²) in [5.74, 6) is 0. The lowest BCUT2D eigenvalue weighted by atomic mass is 9.85. The molecule has 2 rings (SSSR count). The van der Waals surface area contributed by atoms with Crippen molar-refractivity contribution in [1.82, 2.24) is 10.2 Å². The Balaban J connectivity index is 0.00000180. The average Bonchev–Trinajstić information content (AvgIpc) is 2.66. The second-order valence-electron chi connectivity index (χ2n) is 6.39. The molecule has 0 aromatic rings. The van der Waals surface area contributed by atoms with Crippen molar-refractivity contribution in [2.45, 2.75) is 57.3 Å². The molecule has 2 atom stereocenters. The molecule has 112 valence electrons. The van der Waals surface area contributed by atoms with Gasteiger partial charge in [-0.15, -0.1) is 12.4 Å². The summed E-state index contributed by atoms with van der Waals surface area (Å²) >= 11 is 0. The van der Waals surface area contributed by atoms with Gasteiger partial charge in [0.15, 0.2) is 0 Å². The normalized spacial score (nSPS) is 31.2. The predicted octanol–water partition coefficient (Wildman–Crippen LogP) is 1.53. The fraction of sp³-hybridized carbons (Fsp3) is 0.923. The molecule has 2 fully saturated rings. The van der Waals surface area contributed by atoms with Crippen molar-refractivity contribution >= 4 is 18.5 Å². The largest absolute Gasteiger partial charge is 0.444 e. The Morgan fingerprint density at radius 3 is 2.74 bits per heavy atom. The maximum absolute atomic E-state index is 12.0. The summed E-state index contributed by atoms with van der Waals surface area (Å²) in [5, 5.41) is 13.5. The fourth-order valence-corrected chi connectivity index (χ4v) is 2.76. The number of nitrogens with one attached hydrogen (secondary N) is 1. The van der Waals surface area contributed by atoms with E-state index >= 15 is 0 Å². The van der Waals surface area contributed by atoms with Crippen LogP contribution in [0.4, 0.5) is 4.79 Å². The molecule has 6 heteroatoms. The molecular formula is C13H25ClN2O3. The summed E-state index contributed by atoms with van der Waals surface area (Å²) in [6, 6.07) is 0. The number of rotatable bonds is 0. The third kappa shape index (κ3) is 3.74. The molecule has 2 unspecified atom stereocenters. The first-order valence-corrected chi connectivity index (χ1v) is 6.73. The highest BCUT2D eigenvalue weighted by Crippen LogP contribution is 2.30. The number of carbonyl (C=O) groups excluding carboxylic acids is 1. The van der Waals surface area contributed by atoms with Gasteiger partial charge in [-0.05, 0) is 46.6 Å². The number of aliphatic hydroxyl groups excluding tert-OH is 1. The van der Waals surface area contributed by atoms with Gasteiger partial charge in [0.25, 0.3) is 0 Å². The quantitative estimate of drug-likeness (QED) is 0.711. The molecule has 2 N–H and O–H groups in total. The van der Waals surface area contributed by atoms with E-state index < -0.39 is 5.60 Å². The topological polar surface area (TPSA) is 61.8 Å². The number of amides is 1. The second kappa shape index (κ2) is 5.85. The number of carbonyl (C=O) groups is 1. The van der Waals surface area contributed by atoms with Gasteiger partial charge in [0.2, 0.25) is 0 Å². The van der Waals surface area contributed by atoms with Crippen LogP contribution < -0.4 is 5.32 Å². The number of aliphatic hydroxyl groups is 1. The molecule has 0 radical (unpaired) electrons. The van der Waals surface area contributed by atoms with Crippen molar-refractivity contribution in [3.8, 4) is 0 Å². The fourth-order valence-electron chi connectivity index (χ4n) is 2.76. The number of halogens is 1. The van der Waals surface area contributed by atoms with Crippen LogP contribution in [0.15, 0.2) is 0 Å². The van der Waals surface area contributed by atoms with Gasteiger partial charge in [0.05, 0.1) is 11.6 Å². The van der Waals surface area contributed by atoms with Gasteiger partial charge in [-0.1, -0.05) is 0 Å². The maximum Gasteiger partial charge on any atom is 0.410 e. The van der Waals surface area contributed by atoms with E-state index in [0.29, 0.717) is 13.1 Å². The van der Waals surface area contributed by atoms with Gasteiger partial charge in [-0.25, -0.2) is 4.79 Å². The Labute approximate surface area is 121 Å². The zero-order valence-electron chi connectivity index (χ0n) is 11.9. The van der Waals surface area contributed by atoms with E-state index in [1.54, 1.807) is 4.90 Å². The molecule has 1 amide bonds. The van der Waals surface area contributed by atoms with Crippen molar-refractivity contribution in [2.24, 2.45) is 0 Å². The summed E-state index contributed by atoms with van der Waals surface area (Å²) in [5.41, 5.74) is -0.777. The van der Waals surface area contributed by atoms with Gasteiger partial charge in [-0.3, -0.25) is 0 Å². The van der Waals surface area contributed by atoms with Crippen LogP contribution in [0.3, 0.4) is 0 Å². The first-order valence-electron chi connectivity index (χ1n) is 6.73. The van der Waals surface area contributed by atoms with E-state index in [4.69, 9.17) is 4.74 Å². The third-order valence-corrected chi connectivity index (χ3v) is 3.72. The molecule has 2 heterocycles. The minimum absolute atomic E-state index is 0. The van der Waals surface area contributed by atoms with Crippen LogP contribution in [0.2, 0.25) is 0 Å². The number of likely N-dealkylation sites (tertiary alicyclic amines) is 1. The van der Waals surface area contributed by atoms with Gasteiger partial charge >= 0.3 is 6.09 Å².